The Balaban J connectivity index is 1.89. The van der Waals surface area contributed by atoms with Crippen molar-refractivity contribution < 1.29 is 13.9 Å². The van der Waals surface area contributed by atoms with Gasteiger partial charge in [0.25, 0.3) is 0 Å². The molecule has 0 spiro atoms. The fourth-order valence-corrected chi connectivity index (χ4v) is 2.24. The van der Waals surface area contributed by atoms with Gasteiger partial charge in [-0.15, -0.1) is 0 Å². The van der Waals surface area contributed by atoms with Gasteiger partial charge in [0.15, 0.2) is 11.6 Å². The molecule has 0 radical (unpaired) electrons. The second kappa shape index (κ2) is 6.62. The topological polar surface area (TPSA) is 20.2 Å². The van der Waals surface area contributed by atoms with Crippen molar-refractivity contribution in [3.63, 3.8) is 0 Å². The maximum Gasteiger partial charge on any atom is 0.159 e. The van der Waals surface area contributed by atoms with Gasteiger partial charge in [0, 0.05) is 0 Å². The Labute approximate surface area is 117 Å². The van der Waals surface area contributed by atoms with E-state index in [2.05, 4.69) is 6.07 Å². The van der Waals surface area contributed by atoms with Crippen molar-refractivity contribution in [2.45, 2.75) is 32.3 Å². The van der Waals surface area contributed by atoms with Crippen LogP contribution in [0.5, 0.6) is 0 Å². The summed E-state index contributed by atoms with van der Waals surface area (Å²) in [7, 11) is 0. The smallest absolute Gasteiger partial charge is 0.159 e. The summed E-state index contributed by atoms with van der Waals surface area (Å²) in [6.45, 7) is 2.03. The lowest BCUT2D eigenvalue weighted by atomic mass is 10.0. The minimum Gasteiger partial charge on any atom is -0.393 e. The predicted octanol–water partition coefficient (Wildman–Crippen LogP) is 3.81. The Hall–Kier alpha value is -1.74. The Morgan fingerprint density at radius 3 is 2.50 bits per heavy atom. The van der Waals surface area contributed by atoms with Crippen LogP contribution in [0.25, 0.3) is 0 Å². The number of rotatable bonds is 5. The highest BCUT2D eigenvalue weighted by Gasteiger charge is 2.09. The highest BCUT2D eigenvalue weighted by molar-refractivity contribution is 5.22. The normalized spacial score (nSPS) is 12.4. The lowest BCUT2D eigenvalue weighted by Gasteiger charge is -2.11. The summed E-state index contributed by atoms with van der Waals surface area (Å²) >= 11 is 0. The largest absolute Gasteiger partial charge is 0.393 e. The van der Waals surface area contributed by atoms with Crippen LogP contribution in [0.2, 0.25) is 0 Å². The third-order valence-electron chi connectivity index (χ3n) is 3.30. The Kier molecular flexibility index (Phi) is 4.85. The van der Waals surface area contributed by atoms with Gasteiger partial charge in [0.05, 0.1) is 6.10 Å². The van der Waals surface area contributed by atoms with E-state index in [4.69, 9.17) is 0 Å². The van der Waals surface area contributed by atoms with Crippen molar-refractivity contribution in [2.75, 3.05) is 0 Å². The van der Waals surface area contributed by atoms with Crippen molar-refractivity contribution in [2.24, 2.45) is 0 Å². The van der Waals surface area contributed by atoms with Crippen LogP contribution < -0.4 is 0 Å². The zero-order valence-corrected chi connectivity index (χ0v) is 11.4. The molecular weight excluding hydrogens is 258 g/mol. The van der Waals surface area contributed by atoms with Gasteiger partial charge in [-0.3, -0.25) is 0 Å². The third-order valence-corrected chi connectivity index (χ3v) is 3.30. The number of hydrogen-bond acceptors (Lipinski definition) is 1. The van der Waals surface area contributed by atoms with Crippen LogP contribution in [0.1, 0.15) is 23.1 Å². The van der Waals surface area contributed by atoms with E-state index < -0.39 is 17.7 Å². The Morgan fingerprint density at radius 2 is 1.80 bits per heavy atom. The van der Waals surface area contributed by atoms with Crippen LogP contribution in [-0.4, -0.2) is 11.2 Å². The first-order valence-electron chi connectivity index (χ1n) is 6.72. The highest BCUT2D eigenvalue weighted by Crippen LogP contribution is 2.14. The monoisotopic (exact) mass is 276 g/mol. The first-order chi connectivity index (χ1) is 9.54. The van der Waals surface area contributed by atoms with Gasteiger partial charge in [0.1, 0.15) is 0 Å². The molecule has 2 rings (SSSR count). The van der Waals surface area contributed by atoms with E-state index >= 15 is 0 Å². The zero-order chi connectivity index (χ0) is 14.5. The first-order valence-corrected chi connectivity index (χ1v) is 6.72. The van der Waals surface area contributed by atoms with E-state index in [1.807, 2.05) is 25.1 Å². The lowest BCUT2D eigenvalue weighted by Crippen LogP contribution is -2.12. The highest BCUT2D eigenvalue weighted by atomic mass is 19.2. The van der Waals surface area contributed by atoms with Crippen molar-refractivity contribution >= 4 is 0 Å². The number of hydrogen-bond donors (Lipinski definition) is 1. The van der Waals surface area contributed by atoms with Crippen LogP contribution in [0.3, 0.4) is 0 Å². The molecule has 1 nitrogen and oxygen atoms in total. The summed E-state index contributed by atoms with van der Waals surface area (Å²) < 4.78 is 25.9. The summed E-state index contributed by atoms with van der Waals surface area (Å²) in [4.78, 5) is 0. The van der Waals surface area contributed by atoms with Crippen LogP contribution in [0, 0.1) is 18.6 Å². The molecule has 0 aliphatic rings. The molecular formula is C17H18F2O. The number of aliphatic hydroxyl groups excluding tert-OH is 1. The molecule has 0 saturated heterocycles. The van der Waals surface area contributed by atoms with Crippen LogP contribution in [0.4, 0.5) is 8.78 Å². The Morgan fingerprint density at radius 1 is 1.00 bits per heavy atom. The standard InChI is InChI=1S/C17H18F2O/c1-12-3-2-4-13(9-12)5-7-15(20)10-14-6-8-16(18)17(19)11-14/h2-4,6,8-9,11,15,20H,5,7,10H2,1H3. The van der Waals surface area contributed by atoms with E-state index in [9.17, 15) is 13.9 Å². The second-order valence-electron chi connectivity index (χ2n) is 5.13. The molecule has 0 fully saturated rings. The van der Waals surface area contributed by atoms with Gasteiger partial charge in [-0.2, -0.15) is 0 Å². The number of aliphatic hydroxyl groups is 1. The molecule has 106 valence electrons. The number of benzene rings is 2. The van der Waals surface area contributed by atoms with Crippen molar-refractivity contribution in [3.05, 3.63) is 70.8 Å². The molecule has 1 unspecified atom stereocenters. The fourth-order valence-electron chi connectivity index (χ4n) is 2.24. The molecule has 0 aliphatic heterocycles. The van der Waals surface area contributed by atoms with E-state index in [-0.39, 0.29) is 0 Å². The van der Waals surface area contributed by atoms with Gasteiger partial charge >= 0.3 is 0 Å². The van der Waals surface area contributed by atoms with Crippen molar-refractivity contribution in [1.82, 2.24) is 0 Å². The molecule has 1 atom stereocenters. The van der Waals surface area contributed by atoms with Gasteiger partial charge in [-0.1, -0.05) is 35.9 Å². The molecule has 1 N–H and O–H groups in total. The lowest BCUT2D eigenvalue weighted by molar-refractivity contribution is 0.165. The maximum atomic E-state index is 13.1. The van der Waals surface area contributed by atoms with Gasteiger partial charge in [-0.05, 0) is 49.4 Å². The molecule has 2 aromatic carbocycles. The quantitative estimate of drug-likeness (QED) is 0.880. The molecule has 20 heavy (non-hydrogen) atoms. The van der Waals surface area contributed by atoms with Crippen molar-refractivity contribution in [1.29, 1.82) is 0 Å². The van der Waals surface area contributed by atoms with Crippen LogP contribution >= 0.6 is 0 Å². The average molecular weight is 276 g/mol. The molecule has 2 aromatic rings. The maximum absolute atomic E-state index is 13.1. The molecule has 0 aromatic heterocycles. The van der Waals surface area contributed by atoms with Gasteiger partial charge in [-0.25, -0.2) is 8.78 Å². The van der Waals surface area contributed by atoms with E-state index in [1.54, 1.807) is 0 Å². The second-order valence-corrected chi connectivity index (χ2v) is 5.13. The summed E-state index contributed by atoms with van der Waals surface area (Å²) in [5, 5.41) is 9.98. The predicted molar refractivity (Wildman–Crippen MR) is 75.6 cm³/mol. The van der Waals surface area contributed by atoms with Crippen molar-refractivity contribution in [3.8, 4) is 0 Å². The number of aryl methyl sites for hydroxylation is 2. The first kappa shape index (κ1) is 14.7. The number of halogens is 2. The summed E-state index contributed by atoms with van der Waals surface area (Å²) in [6.07, 6.45) is 1.15. The molecule has 0 aliphatic carbocycles. The SMILES string of the molecule is Cc1cccc(CCC(O)Cc2ccc(F)c(F)c2)c1. The zero-order valence-electron chi connectivity index (χ0n) is 11.4. The fraction of sp³-hybridized carbons (Fsp3) is 0.294. The summed E-state index contributed by atoms with van der Waals surface area (Å²) in [6, 6.07) is 11.9. The third kappa shape index (κ3) is 4.14. The van der Waals surface area contributed by atoms with Crippen LogP contribution in [-0.2, 0) is 12.8 Å². The minimum atomic E-state index is -0.867. The van der Waals surface area contributed by atoms with Gasteiger partial charge in [0.2, 0.25) is 0 Å². The van der Waals surface area contributed by atoms with E-state index in [1.165, 1.54) is 17.2 Å². The summed E-state index contributed by atoms with van der Waals surface area (Å²) in [5.74, 6) is -1.73. The van der Waals surface area contributed by atoms with E-state index in [0.29, 0.717) is 18.4 Å². The molecule has 0 amide bonds. The Bertz CT molecular complexity index is 581. The average Bonchev–Trinajstić information content (AvgIpc) is 2.41. The van der Waals surface area contributed by atoms with Gasteiger partial charge < -0.3 is 5.11 Å². The minimum absolute atomic E-state index is 0.336. The molecule has 3 heteroatoms. The summed E-state index contributed by atoms with van der Waals surface area (Å²) in [5.41, 5.74) is 2.98. The molecule has 0 heterocycles. The molecule has 0 saturated carbocycles. The molecule has 0 bridgehead atoms. The van der Waals surface area contributed by atoms with E-state index in [0.717, 1.165) is 18.6 Å². The van der Waals surface area contributed by atoms with Crippen LogP contribution in [0.15, 0.2) is 42.5 Å².